The minimum Gasteiger partial charge on any atom is -0.367 e. The highest BCUT2D eigenvalue weighted by molar-refractivity contribution is 5.94. The molecule has 0 saturated heterocycles. The molecular weight excluding hydrogens is 334 g/mol. The normalized spacial score (nSPS) is 10.4. The topological polar surface area (TPSA) is 118 Å². The van der Waals surface area contributed by atoms with Crippen LogP contribution < -0.4 is 16.0 Å². The van der Waals surface area contributed by atoms with Gasteiger partial charge in [0, 0.05) is 19.3 Å². The summed E-state index contributed by atoms with van der Waals surface area (Å²) in [6, 6.07) is 7.45. The molecule has 0 aromatic carbocycles. The van der Waals surface area contributed by atoms with Gasteiger partial charge < -0.3 is 20.5 Å². The number of nitrogens with zero attached hydrogens (tertiary/aromatic N) is 4. The molecule has 0 aliphatic carbocycles. The molecule has 3 aromatic rings. The van der Waals surface area contributed by atoms with Crippen molar-refractivity contribution in [3.8, 4) is 0 Å². The molecular formula is C17H19N7O2. The van der Waals surface area contributed by atoms with Crippen LogP contribution in [0.1, 0.15) is 21.7 Å². The number of carbonyl (C=O) groups excluding carboxylic acids is 1. The van der Waals surface area contributed by atoms with Gasteiger partial charge in [0.15, 0.2) is 5.82 Å². The van der Waals surface area contributed by atoms with E-state index in [2.05, 4.69) is 36.3 Å². The first kappa shape index (κ1) is 17.3. The summed E-state index contributed by atoms with van der Waals surface area (Å²) in [4.78, 5) is 16.1. The second kappa shape index (κ2) is 8.06. The zero-order valence-electron chi connectivity index (χ0n) is 14.5. The summed E-state index contributed by atoms with van der Waals surface area (Å²) in [6.45, 7) is 4.63. The van der Waals surface area contributed by atoms with Gasteiger partial charge in [-0.3, -0.25) is 4.79 Å². The Bertz CT molecular complexity index is 877. The van der Waals surface area contributed by atoms with Crippen molar-refractivity contribution in [3.63, 3.8) is 0 Å². The molecule has 1 amide bonds. The molecule has 26 heavy (non-hydrogen) atoms. The maximum Gasteiger partial charge on any atom is 0.256 e. The van der Waals surface area contributed by atoms with Crippen molar-refractivity contribution in [1.29, 1.82) is 0 Å². The van der Waals surface area contributed by atoms with Crippen LogP contribution in [0.25, 0.3) is 0 Å². The Labute approximate surface area is 150 Å². The lowest BCUT2D eigenvalue weighted by Crippen LogP contribution is -2.29. The Morgan fingerprint density at radius 1 is 1.08 bits per heavy atom. The van der Waals surface area contributed by atoms with Crippen LogP contribution in [0.4, 0.5) is 17.5 Å². The van der Waals surface area contributed by atoms with E-state index < -0.39 is 0 Å². The summed E-state index contributed by atoms with van der Waals surface area (Å²) in [6.07, 6.45) is 3.13. The van der Waals surface area contributed by atoms with E-state index in [0.717, 1.165) is 5.56 Å². The van der Waals surface area contributed by atoms with Gasteiger partial charge >= 0.3 is 0 Å². The van der Waals surface area contributed by atoms with E-state index in [-0.39, 0.29) is 5.91 Å². The molecule has 0 unspecified atom stereocenters. The van der Waals surface area contributed by atoms with Crippen LogP contribution in [-0.2, 0) is 0 Å². The molecule has 3 aromatic heterocycles. The third-order valence-corrected chi connectivity index (χ3v) is 3.55. The third kappa shape index (κ3) is 4.53. The molecule has 0 saturated carbocycles. The number of aromatic nitrogens is 4. The van der Waals surface area contributed by atoms with Crippen LogP contribution >= 0.6 is 0 Å². The van der Waals surface area contributed by atoms with Gasteiger partial charge in [-0.2, -0.15) is 0 Å². The Morgan fingerprint density at radius 3 is 2.58 bits per heavy atom. The number of pyridine rings is 1. The summed E-state index contributed by atoms with van der Waals surface area (Å²) in [5.41, 5.74) is 1.54. The van der Waals surface area contributed by atoms with Crippen LogP contribution in [0.15, 0.2) is 41.2 Å². The number of rotatable bonds is 7. The van der Waals surface area contributed by atoms with Crippen LogP contribution in [0.5, 0.6) is 0 Å². The molecule has 3 N–H and O–H groups in total. The molecule has 0 spiro atoms. The summed E-state index contributed by atoms with van der Waals surface area (Å²) < 4.78 is 4.87. The molecule has 0 aliphatic heterocycles. The molecule has 0 bridgehead atoms. The Kier molecular flexibility index (Phi) is 5.37. The van der Waals surface area contributed by atoms with E-state index >= 15 is 0 Å². The highest BCUT2D eigenvalue weighted by Crippen LogP contribution is 2.13. The van der Waals surface area contributed by atoms with Crippen molar-refractivity contribution in [2.45, 2.75) is 13.8 Å². The highest BCUT2D eigenvalue weighted by Gasteiger charge is 2.11. The van der Waals surface area contributed by atoms with Gasteiger partial charge in [-0.15, -0.1) is 10.2 Å². The van der Waals surface area contributed by atoms with Crippen LogP contribution in [0.2, 0.25) is 0 Å². The summed E-state index contributed by atoms with van der Waals surface area (Å²) in [5.74, 6) is 2.20. The van der Waals surface area contributed by atoms with E-state index in [1.54, 1.807) is 25.3 Å². The summed E-state index contributed by atoms with van der Waals surface area (Å²) >= 11 is 0. The largest absolute Gasteiger partial charge is 0.367 e. The number of amides is 1. The standard InChI is InChI=1S/C17H19N7O2/c1-11-5-6-18-16(9-11)22-15-4-3-14(23-24-15)19-7-8-20-17(25)13-10-21-26-12(13)2/h3-6,9-10H,7-8H2,1-2H3,(H,19,23)(H,20,25)(H,18,22,24). The number of anilines is 3. The number of hydrogen-bond acceptors (Lipinski definition) is 8. The zero-order valence-corrected chi connectivity index (χ0v) is 14.5. The molecule has 0 radical (unpaired) electrons. The quantitative estimate of drug-likeness (QED) is 0.553. The smallest absolute Gasteiger partial charge is 0.256 e. The van der Waals surface area contributed by atoms with Gasteiger partial charge in [0.1, 0.15) is 23.0 Å². The number of nitrogens with one attached hydrogen (secondary N) is 3. The van der Waals surface area contributed by atoms with Gasteiger partial charge in [0.25, 0.3) is 5.91 Å². The lowest BCUT2D eigenvalue weighted by molar-refractivity contribution is 0.0953. The first-order valence-electron chi connectivity index (χ1n) is 8.08. The van der Waals surface area contributed by atoms with Crippen molar-refractivity contribution in [1.82, 2.24) is 25.7 Å². The fraction of sp³-hybridized carbons (Fsp3) is 0.235. The van der Waals surface area contributed by atoms with Gasteiger partial charge in [0.05, 0.1) is 6.20 Å². The zero-order chi connectivity index (χ0) is 18.4. The molecule has 9 nitrogen and oxygen atoms in total. The molecule has 134 valence electrons. The predicted octanol–water partition coefficient (Wildman–Crippen LogP) is 2.06. The number of hydrogen-bond donors (Lipinski definition) is 3. The fourth-order valence-corrected chi connectivity index (χ4v) is 2.21. The number of aryl methyl sites for hydroxylation is 2. The van der Waals surface area contributed by atoms with Crippen LogP contribution in [0.3, 0.4) is 0 Å². The molecule has 3 heterocycles. The van der Waals surface area contributed by atoms with E-state index in [4.69, 9.17) is 4.52 Å². The molecule has 0 aliphatic rings. The van der Waals surface area contributed by atoms with Crippen molar-refractivity contribution in [3.05, 3.63) is 53.5 Å². The molecule has 3 rings (SSSR count). The van der Waals surface area contributed by atoms with Crippen molar-refractivity contribution in [2.24, 2.45) is 0 Å². The minimum absolute atomic E-state index is 0.221. The maximum absolute atomic E-state index is 11.9. The Balaban J connectivity index is 1.44. The monoisotopic (exact) mass is 353 g/mol. The van der Waals surface area contributed by atoms with E-state index in [9.17, 15) is 4.79 Å². The second-order valence-electron chi connectivity index (χ2n) is 5.63. The van der Waals surface area contributed by atoms with E-state index in [1.807, 2.05) is 19.1 Å². The Hall–Kier alpha value is -3.49. The second-order valence-corrected chi connectivity index (χ2v) is 5.63. The lowest BCUT2D eigenvalue weighted by Gasteiger charge is -2.08. The van der Waals surface area contributed by atoms with Crippen molar-refractivity contribution in [2.75, 3.05) is 23.7 Å². The molecule has 0 atom stereocenters. The van der Waals surface area contributed by atoms with Gasteiger partial charge in [-0.1, -0.05) is 5.16 Å². The van der Waals surface area contributed by atoms with Crippen LogP contribution in [0, 0.1) is 13.8 Å². The SMILES string of the molecule is Cc1ccnc(Nc2ccc(NCCNC(=O)c3cnoc3C)nn2)c1. The predicted molar refractivity (Wildman–Crippen MR) is 96.4 cm³/mol. The lowest BCUT2D eigenvalue weighted by atomic mass is 10.2. The van der Waals surface area contributed by atoms with Crippen molar-refractivity contribution < 1.29 is 9.32 Å². The van der Waals surface area contributed by atoms with Crippen LogP contribution in [-0.4, -0.2) is 39.3 Å². The number of carbonyl (C=O) groups is 1. The van der Waals surface area contributed by atoms with Gasteiger partial charge in [-0.05, 0) is 43.7 Å². The Morgan fingerprint density at radius 2 is 1.88 bits per heavy atom. The third-order valence-electron chi connectivity index (χ3n) is 3.55. The first-order chi connectivity index (χ1) is 12.6. The van der Waals surface area contributed by atoms with E-state index in [1.165, 1.54) is 6.20 Å². The van der Waals surface area contributed by atoms with E-state index in [0.29, 0.717) is 41.9 Å². The molecule has 9 heteroatoms. The van der Waals surface area contributed by atoms with Gasteiger partial charge in [0.2, 0.25) is 0 Å². The van der Waals surface area contributed by atoms with Crippen molar-refractivity contribution >= 4 is 23.4 Å². The average Bonchev–Trinajstić information content (AvgIpc) is 3.06. The fourth-order valence-electron chi connectivity index (χ4n) is 2.21. The highest BCUT2D eigenvalue weighted by atomic mass is 16.5. The van der Waals surface area contributed by atoms with Gasteiger partial charge in [-0.25, -0.2) is 4.98 Å². The minimum atomic E-state index is -0.221. The summed E-state index contributed by atoms with van der Waals surface area (Å²) in [7, 11) is 0. The first-order valence-corrected chi connectivity index (χ1v) is 8.08. The molecule has 0 fully saturated rings. The maximum atomic E-state index is 11.9. The summed E-state index contributed by atoms with van der Waals surface area (Å²) in [5, 5.41) is 20.7. The average molecular weight is 353 g/mol.